The lowest BCUT2D eigenvalue weighted by atomic mass is 9.73. The van der Waals surface area contributed by atoms with E-state index in [2.05, 4.69) is 53.7 Å². The normalized spacial score (nSPS) is 19.6. The van der Waals surface area contributed by atoms with Crippen LogP contribution in [0.3, 0.4) is 0 Å². The molecule has 2 amide bonds. The number of benzene rings is 4. The molecule has 5 aliphatic rings. The van der Waals surface area contributed by atoms with Crippen molar-refractivity contribution in [2.24, 2.45) is 49.7 Å². The molecule has 0 spiro atoms. The Labute approximate surface area is 722 Å². The van der Waals surface area contributed by atoms with Crippen molar-refractivity contribution in [1.82, 2.24) is 9.80 Å². The number of rotatable bonds is 31. The molecule has 0 radical (unpaired) electrons. The van der Waals surface area contributed by atoms with Gasteiger partial charge in [-0.25, -0.2) is 4.79 Å². The van der Waals surface area contributed by atoms with E-state index < -0.39 is 63.8 Å². The van der Waals surface area contributed by atoms with Crippen LogP contribution in [0.15, 0.2) is 84.9 Å². The summed E-state index contributed by atoms with van der Waals surface area (Å²) < 4.78 is 58.6. The van der Waals surface area contributed by atoms with Crippen LogP contribution in [-0.2, 0) is 94.1 Å². The summed E-state index contributed by atoms with van der Waals surface area (Å²) in [5.41, 5.74) is 2.53. The highest BCUT2D eigenvalue weighted by Gasteiger charge is 2.76. The van der Waals surface area contributed by atoms with Gasteiger partial charge in [-0.2, -0.15) is 0 Å². The molecule has 4 aromatic carbocycles. The van der Waals surface area contributed by atoms with E-state index in [9.17, 15) is 48.6 Å². The van der Waals surface area contributed by atoms with E-state index in [4.69, 9.17) is 62.3 Å². The quantitative estimate of drug-likeness (QED) is 0.0157. The fraction of sp³-hybridized carbons (Fsp3) is 0.667. The molecule has 11 atom stereocenters. The van der Waals surface area contributed by atoms with Crippen molar-refractivity contribution in [3.63, 3.8) is 0 Å². The average Bonchev–Trinajstić information content (AvgIpc) is 1.53. The standard InChI is InChI=1S/C22H34O7.C19H24O3.C13H24N2O4.C12H24O3.C10H16O4.2C10H14O/c1-8-21(5,6)17(23)28-15-12-9-13-16(15)29-19(25)22(13,10-12)18(24)27-14(26-7)11-20(2,3)4;1-4-14(3)15-5-7-18(8-6-15)22-12-17-10-13(2)9-16(11-20)19(17)21;1-5-13(2,3)11(16)19-9-8-14-6-7-15(10-18-4)12(14)17;1-8-12(5,6)9(13)15-10(14-7)11(2,3)4;1-4-10(2,3)9(12)14-7-5-8(11)13-6-7;2*1-3-8(2)9-4-6-10(11)7-5-9/h12-16H,8-11H2,1-7H3;5-10,14,20-21H,4,11-12H2,1-3H3;5-10H2,1-4H3;10H,8H2,1-7H3;7H,4-6H2,1-3H3;2*4-8,11H,3H2,1-2H3. The number of carbonyl (C=O) groups excluding carboxylic acids is 8. The van der Waals surface area contributed by atoms with Crippen LogP contribution in [0.4, 0.5) is 4.79 Å². The highest BCUT2D eigenvalue weighted by Crippen LogP contribution is 2.63. The summed E-state index contributed by atoms with van der Waals surface area (Å²) in [6.07, 6.45) is 5.21. The zero-order chi connectivity index (χ0) is 91.9. The number of cyclic esters (lactones) is 1. The summed E-state index contributed by atoms with van der Waals surface area (Å²) in [7, 11) is 4.61. The van der Waals surface area contributed by atoms with Gasteiger partial charge in [0.15, 0.2) is 5.41 Å². The van der Waals surface area contributed by atoms with E-state index >= 15 is 0 Å². The minimum absolute atomic E-state index is 0.0624. The Kier molecular flexibility index (Phi) is 42.8. The number of phenolic OH excluding ortho intramolecular Hbond substituents is 2. The Morgan fingerprint density at radius 2 is 1.05 bits per heavy atom. The zero-order valence-corrected chi connectivity index (χ0v) is 78.2. The number of fused-ring (bicyclic) bond motifs is 1. The summed E-state index contributed by atoms with van der Waals surface area (Å²) in [6, 6.07) is 26.5. The number of amides is 2. The molecule has 0 aromatic heterocycles. The summed E-state index contributed by atoms with van der Waals surface area (Å²) in [5, 5.41) is 37.4. The van der Waals surface area contributed by atoms with Crippen molar-refractivity contribution >= 4 is 47.8 Å². The number of ether oxygens (including phenoxy) is 11. The van der Waals surface area contributed by atoms with Gasteiger partial charge in [-0.1, -0.05) is 159 Å². The second-order valence-corrected chi connectivity index (χ2v) is 37.2. The first-order valence-corrected chi connectivity index (χ1v) is 43.1. The van der Waals surface area contributed by atoms with E-state index in [0.717, 1.165) is 43.4 Å². The van der Waals surface area contributed by atoms with Crippen LogP contribution in [0.1, 0.15) is 288 Å². The van der Waals surface area contributed by atoms with Crippen LogP contribution in [0.2, 0.25) is 0 Å². The number of nitrogens with zero attached hydrogens (tertiary/aromatic N) is 2. The molecule has 121 heavy (non-hydrogen) atoms. The maximum absolute atomic E-state index is 13.1. The van der Waals surface area contributed by atoms with Gasteiger partial charge >= 0.3 is 47.8 Å². The van der Waals surface area contributed by atoms with Crippen molar-refractivity contribution in [2.75, 3.05) is 60.9 Å². The van der Waals surface area contributed by atoms with Gasteiger partial charge in [0.1, 0.15) is 67.9 Å². The molecular formula is C96H150N2O23. The fourth-order valence-electron chi connectivity index (χ4n) is 13.0. The number of phenols is 3. The number of methoxy groups -OCH3 is 3. The van der Waals surface area contributed by atoms with Crippen LogP contribution in [0, 0.1) is 56.7 Å². The first kappa shape index (κ1) is 107. The zero-order valence-electron chi connectivity index (χ0n) is 78.2. The van der Waals surface area contributed by atoms with Gasteiger partial charge < -0.3 is 77.4 Å². The molecule has 11 unspecified atom stereocenters. The number of aryl methyl sites for hydroxylation is 1. The SMILES string of the molecule is CCC(C)(C)C(=O)OC(OC)C(C)(C)C.CCC(C)(C)C(=O)OC1C2CC3C1OC(=O)C3(C(=O)OC(CC(C)(C)C)OC)C2.CCC(C)(C)C(=O)OC1COC(=O)C1.CCC(C)(C)C(=O)OCCN1CCN(COC)C1=O.CCC(C)c1ccc(O)cc1.CCC(C)c1ccc(O)cc1.CCC(C)c1ccc(OCc2cc(C)cc(CO)c2O)cc1. The van der Waals surface area contributed by atoms with Crippen molar-refractivity contribution in [3.05, 3.63) is 118 Å². The minimum atomic E-state index is -1.30. The van der Waals surface area contributed by atoms with Gasteiger partial charge in [0.2, 0.25) is 12.6 Å². The molecule has 682 valence electrons. The van der Waals surface area contributed by atoms with Gasteiger partial charge in [0, 0.05) is 69.2 Å². The smallest absolute Gasteiger partial charge is 0.326 e. The van der Waals surface area contributed by atoms with Gasteiger partial charge in [-0.05, 0) is 202 Å². The number of aliphatic hydroxyl groups excluding tert-OH is 1. The first-order chi connectivity index (χ1) is 56.4. The van der Waals surface area contributed by atoms with Crippen LogP contribution in [-0.4, -0.2) is 170 Å². The molecule has 2 saturated carbocycles. The maximum atomic E-state index is 13.1. The van der Waals surface area contributed by atoms with Crippen molar-refractivity contribution < 1.29 is 111 Å². The molecule has 4 N–H and O–H groups in total. The van der Waals surface area contributed by atoms with Gasteiger partial charge in [-0.3, -0.25) is 38.5 Å². The van der Waals surface area contributed by atoms with Crippen LogP contribution in [0.25, 0.3) is 0 Å². The van der Waals surface area contributed by atoms with Crippen molar-refractivity contribution in [2.45, 2.75) is 306 Å². The molecule has 3 aliphatic heterocycles. The molecule has 2 aliphatic carbocycles. The Morgan fingerprint density at radius 3 is 1.48 bits per heavy atom. The second-order valence-electron chi connectivity index (χ2n) is 37.2. The van der Waals surface area contributed by atoms with Crippen molar-refractivity contribution in [3.8, 4) is 23.0 Å². The predicted octanol–water partition coefficient (Wildman–Crippen LogP) is 18.9. The number of hydrogen-bond donors (Lipinski definition) is 4. The molecule has 25 nitrogen and oxygen atoms in total. The summed E-state index contributed by atoms with van der Waals surface area (Å²) in [5.74, 6) is 0.517. The number of carbonyl (C=O) groups is 8. The Bertz CT molecular complexity index is 3820. The lowest BCUT2D eigenvalue weighted by Crippen LogP contribution is -2.47. The number of aromatic hydroxyl groups is 3. The fourth-order valence-corrected chi connectivity index (χ4v) is 13.0. The Balaban J connectivity index is 0.000000375. The summed E-state index contributed by atoms with van der Waals surface area (Å²) >= 11 is 0. The van der Waals surface area contributed by atoms with Crippen molar-refractivity contribution in [1.29, 1.82) is 0 Å². The number of aliphatic hydroxyl groups is 1. The monoisotopic (exact) mass is 1700 g/mol. The molecule has 3 heterocycles. The largest absolute Gasteiger partial charge is 0.508 e. The van der Waals surface area contributed by atoms with Gasteiger partial charge in [0.05, 0.1) is 41.2 Å². The second kappa shape index (κ2) is 48.5. The third-order valence-corrected chi connectivity index (χ3v) is 23.7. The first-order valence-electron chi connectivity index (χ1n) is 43.1. The molecule has 5 fully saturated rings. The predicted molar refractivity (Wildman–Crippen MR) is 466 cm³/mol. The minimum Gasteiger partial charge on any atom is -0.508 e. The molecule has 2 bridgehead atoms. The lowest BCUT2D eigenvalue weighted by molar-refractivity contribution is -0.204. The van der Waals surface area contributed by atoms with Crippen LogP contribution < -0.4 is 4.74 Å². The van der Waals surface area contributed by atoms with Gasteiger partial charge in [-0.15, -0.1) is 0 Å². The highest BCUT2D eigenvalue weighted by molar-refractivity contribution is 6.03. The molecule has 9 rings (SSSR count). The lowest BCUT2D eigenvalue weighted by Gasteiger charge is -2.33. The van der Waals surface area contributed by atoms with E-state index in [0.29, 0.717) is 98.8 Å². The summed E-state index contributed by atoms with van der Waals surface area (Å²) in [6.45, 7) is 52.2. The van der Waals surface area contributed by atoms with E-state index in [1.807, 2.05) is 174 Å². The van der Waals surface area contributed by atoms with Crippen LogP contribution >= 0.6 is 0 Å². The van der Waals surface area contributed by atoms with E-state index in [-0.39, 0.29) is 103 Å². The summed E-state index contributed by atoms with van der Waals surface area (Å²) in [4.78, 5) is 99.5. The topological polar surface area (TPSA) is 325 Å². The Hall–Kier alpha value is -8.52. The molecule has 25 heteroatoms. The van der Waals surface area contributed by atoms with E-state index in [1.165, 1.54) is 23.8 Å². The third-order valence-electron chi connectivity index (χ3n) is 23.7. The average molecular weight is 1700 g/mol. The van der Waals surface area contributed by atoms with E-state index in [1.54, 1.807) is 54.4 Å². The molecule has 4 aromatic rings. The maximum Gasteiger partial charge on any atom is 0.326 e. The number of urea groups is 1. The number of esters is 7. The Morgan fingerprint density at radius 1 is 0.587 bits per heavy atom. The number of hydrogen-bond acceptors (Lipinski definition) is 23. The third kappa shape index (κ3) is 32.3. The molecule has 3 saturated heterocycles. The molecular weight excluding hydrogens is 1550 g/mol. The van der Waals surface area contributed by atoms with Crippen LogP contribution in [0.5, 0.6) is 23.0 Å². The highest BCUT2D eigenvalue weighted by atomic mass is 16.7. The van der Waals surface area contributed by atoms with Gasteiger partial charge in [0.25, 0.3) is 0 Å².